The van der Waals surface area contributed by atoms with Gasteiger partial charge in [-0.1, -0.05) is 0 Å². The summed E-state index contributed by atoms with van der Waals surface area (Å²) in [5.41, 5.74) is -0.0254. The van der Waals surface area contributed by atoms with Gasteiger partial charge in [-0.25, -0.2) is 13.8 Å². The van der Waals surface area contributed by atoms with E-state index in [4.69, 9.17) is 9.47 Å². The first-order chi connectivity index (χ1) is 7.93. The molecule has 1 aliphatic heterocycles. The number of hydrogen-bond donors (Lipinski definition) is 0. The van der Waals surface area contributed by atoms with Gasteiger partial charge in [0.25, 0.3) is 0 Å². The Kier molecular flexibility index (Phi) is 2.77. The lowest BCUT2D eigenvalue weighted by Gasteiger charge is -2.08. The Morgan fingerprint density at radius 3 is 2.47 bits per heavy atom. The van der Waals surface area contributed by atoms with Gasteiger partial charge in [-0.2, -0.15) is 0 Å². The average molecular weight is 241 g/mol. The summed E-state index contributed by atoms with van der Waals surface area (Å²) in [7, 11) is 1.39. The molecule has 0 saturated heterocycles. The van der Waals surface area contributed by atoms with Gasteiger partial charge in [-0.15, -0.1) is 0 Å². The number of ether oxygens (including phenoxy) is 2. The first-order valence-electron chi connectivity index (χ1n) is 5.19. The predicted octanol–water partition coefficient (Wildman–Crippen LogP) is 2.53. The number of aliphatic imine (C=N–C) groups is 1. The minimum Gasteiger partial charge on any atom is -0.496 e. The van der Waals surface area contributed by atoms with Crippen molar-refractivity contribution in [2.45, 2.75) is 19.4 Å². The Hall–Kier alpha value is -1.65. The van der Waals surface area contributed by atoms with Crippen LogP contribution in [0.2, 0.25) is 0 Å². The van der Waals surface area contributed by atoms with Crippen LogP contribution in [-0.4, -0.2) is 25.2 Å². The lowest BCUT2D eigenvalue weighted by molar-refractivity contribution is 0.278. The van der Waals surface area contributed by atoms with Crippen LogP contribution in [0.3, 0.4) is 0 Å². The highest BCUT2D eigenvalue weighted by Crippen LogP contribution is 2.28. The number of benzene rings is 1. The highest BCUT2D eigenvalue weighted by atomic mass is 19.2. The average Bonchev–Trinajstić information content (AvgIpc) is 2.62. The standard InChI is InChI=1S/C12H13F2NO2/c1-12(2)6-17-11(15-12)7-4-8(13)9(14)5-10(7)16-3/h4-5H,6H2,1-3H3. The van der Waals surface area contributed by atoms with Crippen LogP contribution in [0.5, 0.6) is 5.75 Å². The Morgan fingerprint density at radius 1 is 1.29 bits per heavy atom. The van der Waals surface area contributed by atoms with Crippen LogP contribution >= 0.6 is 0 Å². The van der Waals surface area contributed by atoms with E-state index in [2.05, 4.69) is 4.99 Å². The van der Waals surface area contributed by atoms with Crippen LogP contribution in [0.25, 0.3) is 0 Å². The number of nitrogens with zero attached hydrogens (tertiary/aromatic N) is 1. The Bertz CT molecular complexity index is 484. The molecule has 0 radical (unpaired) electrons. The Labute approximate surface area is 98.1 Å². The van der Waals surface area contributed by atoms with E-state index < -0.39 is 11.6 Å². The highest BCUT2D eigenvalue weighted by Gasteiger charge is 2.29. The number of halogens is 2. The molecular formula is C12H13F2NO2. The molecule has 0 amide bonds. The van der Waals surface area contributed by atoms with Crippen LogP contribution in [0.4, 0.5) is 8.78 Å². The van der Waals surface area contributed by atoms with Crippen molar-refractivity contribution in [1.29, 1.82) is 0 Å². The Morgan fingerprint density at radius 2 is 1.94 bits per heavy atom. The summed E-state index contributed by atoms with van der Waals surface area (Å²) < 4.78 is 36.6. The lowest BCUT2D eigenvalue weighted by atomic mass is 10.1. The zero-order valence-electron chi connectivity index (χ0n) is 9.88. The summed E-state index contributed by atoms with van der Waals surface area (Å²) in [5.74, 6) is -1.41. The molecule has 17 heavy (non-hydrogen) atoms. The third-order valence-corrected chi connectivity index (χ3v) is 2.44. The van der Waals surface area contributed by atoms with Gasteiger partial charge in [0, 0.05) is 6.07 Å². The second-order valence-corrected chi connectivity index (χ2v) is 4.48. The predicted molar refractivity (Wildman–Crippen MR) is 59.5 cm³/mol. The van der Waals surface area contributed by atoms with Gasteiger partial charge in [0.05, 0.1) is 18.2 Å². The van der Waals surface area contributed by atoms with Crippen molar-refractivity contribution in [2.24, 2.45) is 4.99 Å². The van der Waals surface area contributed by atoms with Gasteiger partial charge in [0.1, 0.15) is 12.4 Å². The minimum absolute atomic E-state index is 0.209. The van der Waals surface area contributed by atoms with E-state index >= 15 is 0 Å². The molecule has 0 N–H and O–H groups in total. The Balaban J connectivity index is 2.49. The molecule has 0 saturated carbocycles. The molecule has 0 atom stereocenters. The number of methoxy groups -OCH3 is 1. The van der Waals surface area contributed by atoms with E-state index in [0.29, 0.717) is 12.2 Å². The summed E-state index contributed by atoms with van der Waals surface area (Å²) in [6.07, 6.45) is 0. The summed E-state index contributed by atoms with van der Waals surface area (Å²) in [5, 5.41) is 0. The summed E-state index contributed by atoms with van der Waals surface area (Å²) in [4.78, 5) is 4.30. The molecule has 2 rings (SSSR count). The van der Waals surface area contributed by atoms with Crippen molar-refractivity contribution < 1.29 is 18.3 Å². The zero-order valence-corrected chi connectivity index (χ0v) is 9.88. The number of rotatable bonds is 2. The van der Waals surface area contributed by atoms with Crippen molar-refractivity contribution in [2.75, 3.05) is 13.7 Å². The van der Waals surface area contributed by atoms with Gasteiger partial charge >= 0.3 is 0 Å². The van der Waals surface area contributed by atoms with Crippen LogP contribution in [-0.2, 0) is 4.74 Å². The topological polar surface area (TPSA) is 30.8 Å². The monoisotopic (exact) mass is 241 g/mol. The maximum Gasteiger partial charge on any atom is 0.220 e. The normalized spacial score (nSPS) is 17.6. The largest absolute Gasteiger partial charge is 0.496 e. The lowest BCUT2D eigenvalue weighted by Crippen LogP contribution is -2.17. The van der Waals surface area contributed by atoms with Crippen LogP contribution in [0, 0.1) is 11.6 Å². The van der Waals surface area contributed by atoms with Crippen LogP contribution in [0.1, 0.15) is 19.4 Å². The van der Waals surface area contributed by atoms with Crippen LogP contribution < -0.4 is 4.74 Å². The molecule has 0 aliphatic carbocycles. The molecule has 0 unspecified atom stereocenters. The molecule has 1 aromatic rings. The van der Waals surface area contributed by atoms with E-state index in [-0.39, 0.29) is 17.2 Å². The maximum atomic E-state index is 13.2. The molecule has 5 heteroatoms. The van der Waals surface area contributed by atoms with Gasteiger partial charge in [0.2, 0.25) is 5.90 Å². The first-order valence-corrected chi connectivity index (χ1v) is 5.19. The SMILES string of the molecule is COc1cc(F)c(F)cc1C1=NC(C)(C)CO1. The van der Waals surface area contributed by atoms with E-state index in [1.165, 1.54) is 7.11 Å². The van der Waals surface area contributed by atoms with Gasteiger partial charge in [-0.3, -0.25) is 0 Å². The van der Waals surface area contributed by atoms with Gasteiger partial charge < -0.3 is 9.47 Å². The van der Waals surface area contributed by atoms with E-state index in [1.54, 1.807) is 0 Å². The fourth-order valence-corrected chi connectivity index (χ4v) is 1.59. The molecule has 92 valence electrons. The van der Waals surface area contributed by atoms with Crippen molar-refractivity contribution in [1.82, 2.24) is 0 Å². The van der Waals surface area contributed by atoms with Crippen molar-refractivity contribution in [3.05, 3.63) is 29.3 Å². The fourth-order valence-electron chi connectivity index (χ4n) is 1.59. The highest BCUT2D eigenvalue weighted by molar-refractivity contribution is 5.98. The van der Waals surface area contributed by atoms with Gasteiger partial charge in [0.15, 0.2) is 11.6 Å². The summed E-state index contributed by atoms with van der Waals surface area (Å²) >= 11 is 0. The minimum atomic E-state index is -0.955. The fraction of sp³-hybridized carbons (Fsp3) is 0.417. The van der Waals surface area contributed by atoms with Crippen molar-refractivity contribution >= 4 is 5.90 Å². The third-order valence-electron chi connectivity index (χ3n) is 2.44. The molecular weight excluding hydrogens is 228 g/mol. The summed E-state index contributed by atoms with van der Waals surface area (Å²) in [6, 6.07) is 2.02. The molecule has 1 aromatic carbocycles. The summed E-state index contributed by atoms with van der Waals surface area (Å²) in [6.45, 7) is 4.20. The zero-order chi connectivity index (χ0) is 12.6. The first kappa shape index (κ1) is 11.8. The van der Waals surface area contributed by atoms with Crippen molar-refractivity contribution in [3.63, 3.8) is 0 Å². The molecule has 1 aliphatic rings. The quantitative estimate of drug-likeness (QED) is 0.796. The third kappa shape index (κ3) is 2.23. The second-order valence-electron chi connectivity index (χ2n) is 4.48. The molecule has 1 heterocycles. The van der Waals surface area contributed by atoms with Gasteiger partial charge in [-0.05, 0) is 19.9 Å². The van der Waals surface area contributed by atoms with E-state index in [9.17, 15) is 8.78 Å². The molecule has 0 spiro atoms. The smallest absolute Gasteiger partial charge is 0.220 e. The molecule has 0 aromatic heterocycles. The van der Waals surface area contributed by atoms with Crippen molar-refractivity contribution in [3.8, 4) is 5.75 Å². The second kappa shape index (κ2) is 3.98. The van der Waals surface area contributed by atoms with E-state index in [0.717, 1.165) is 12.1 Å². The molecule has 0 fully saturated rings. The van der Waals surface area contributed by atoms with Crippen LogP contribution in [0.15, 0.2) is 17.1 Å². The maximum absolute atomic E-state index is 13.2. The number of hydrogen-bond acceptors (Lipinski definition) is 3. The van der Waals surface area contributed by atoms with E-state index in [1.807, 2.05) is 13.8 Å². The molecule has 0 bridgehead atoms. The molecule has 3 nitrogen and oxygen atoms in total.